The SMILES string of the molecule is COCCCOc1cc2c(c3c1OC(C)(C)C3)-c1cc(=O)c(C(=O)O)cn1C(c1cccc(F)c1Cl)O2. The number of benzene rings is 2. The molecule has 1 unspecified atom stereocenters. The zero-order chi connectivity index (χ0) is 26.5. The summed E-state index contributed by atoms with van der Waals surface area (Å²) in [7, 11) is 1.61. The first-order valence-electron chi connectivity index (χ1n) is 11.7. The molecule has 0 saturated carbocycles. The van der Waals surface area contributed by atoms with Gasteiger partial charge in [-0.2, -0.15) is 0 Å². The molecule has 0 aliphatic carbocycles. The van der Waals surface area contributed by atoms with Crippen molar-refractivity contribution in [3.63, 3.8) is 0 Å². The molecule has 1 N–H and O–H groups in total. The third-order valence-corrected chi connectivity index (χ3v) is 6.74. The minimum absolute atomic E-state index is 0.167. The molecule has 0 radical (unpaired) electrons. The first kappa shape index (κ1) is 25.1. The molecule has 8 nitrogen and oxygen atoms in total. The summed E-state index contributed by atoms with van der Waals surface area (Å²) in [6.45, 7) is 4.78. The van der Waals surface area contributed by atoms with Crippen LogP contribution in [0.3, 0.4) is 0 Å². The molecular formula is C27H25ClFNO7. The molecule has 2 aliphatic rings. The van der Waals surface area contributed by atoms with Gasteiger partial charge >= 0.3 is 5.97 Å². The van der Waals surface area contributed by atoms with Gasteiger partial charge in [-0.3, -0.25) is 4.79 Å². The maximum absolute atomic E-state index is 14.4. The van der Waals surface area contributed by atoms with Crippen LogP contribution in [-0.4, -0.2) is 41.6 Å². The van der Waals surface area contributed by atoms with Gasteiger partial charge in [-0.25, -0.2) is 9.18 Å². The van der Waals surface area contributed by atoms with Crippen molar-refractivity contribution in [2.45, 2.75) is 38.5 Å². The summed E-state index contributed by atoms with van der Waals surface area (Å²) in [6, 6.07) is 7.23. The van der Waals surface area contributed by atoms with E-state index in [0.29, 0.717) is 54.6 Å². The monoisotopic (exact) mass is 529 g/mol. The molecule has 1 aromatic heterocycles. The van der Waals surface area contributed by atoms with Crippen LogP contribution in [0.1, 0.15) is 48.0 Å². The second kappa shape index (κ2) is 9.39. The third-order valence-electron chi connectivity index (χ3n) is 6.34. The number of carbonyl (C=O) groups is 1. The Morgan fingerprint density at radius 2 is 2.08 bits per heavy atom. The zero-order valence-corrected chi connectivity index (χ0v) is 21.2. The lowest BCUT2D eigenvalue weighted by Gasteiger charge is -2.33. The van der Waals surface area contributed by atoms with Crippen molar-refractivity contribution < 1.29 is 33.2 Å². The second-order valence-electron chi connectivity index (χ2n) is 9.55. The highest BCUT2D eigenvalue weighted by Crippen LogP contribution is 2.54. The smallest absolute Gasteiger partial charge is 0.341 e. The average molecular weight is 530 g/mol. The average Bonchev–Trinajstić information content (AvgIpc) is 3.17. The van der Waals surface area contributed by atoms with Crippen molar-refractivity contribution in [3.8, 4) is 28.5 Å². The summed E-state index contributed by atoms with van der Waals surface area (Å²) < 4.78 is 39.7. The summed E-state index contributed by atoms with van der Waals surface area (Å²) in [6.07, 6.45) is 1.31. The highest BCUT2D eigenvalue weighted by atomic mass is 35.5. The second-order valence-corrected chi connectivity index (χ2v) is 9.93. The molecule has 0 bridgehead atoms. The fraction of sp³-hybridized carbons (Fsp3) is 0.333. The normalized spacial score (nSPS) is 16.7. The van der Waals surface area contributed by atoms with E-state index in [-0.39, 0.29) is 10.6 Å². The van der Waals surface area contributed by atoms with Gasteiger partial charge in [0, 0.05) is 61.6 Å². The van der Waals surface area contributed by atoms with E-state index < -0.39 is 34.6 Å². The van der Waals surface area contributed by atoms with Gasteiger partial charge in [0.05, 0.1) is 17.3 Å². The van der Waals surface area contributed by atoms with E-state index in [9.17, 15) is 19.1 Å². The Balaban J connectivity index is 1.74. The molecule has 3 heterocycles. The van der Waals surface area contributed by atoms with Gasteiger partial charge in [0.25, 0.3) is 0 Å². The summed E-state index contributed by atoms with van der Waals surface area (Å²) >= 11 is 6.31. The largest absolute Gasteiger partial charge is 0.489 e. The van der Waals surface area contributed by atoms with Crippen molar-refractivity contribution in [1.29, 1.82) is 0 Å². The van der Waals surface area contributed by atoms with Gasteiger partial charge in [-0.1, -0.05) is 23.7 Å². The third kappa shape index (κ3) is 4.42. The standard InChI is InChI=1S/C27H25ClFNO7/c1-27(2)12-15-22-18-10-19(31)16(26(32)33)13-30(18)25(14-6-4-7-17(29)23(14)28)36-20(22)11-21(24(15)37-27)35-9-5-8-34-3/h4,6-7,10-11,13,25H,5,8-9,12H2,1-3H3,(H,32,33). The van der Waals surface area contributed by atoms with E-state index in [2.05, 4.69) is 0 Å². The van der Waals surface area contributed by atoms with E-state index >= 15 is 0 Å². The number of ether oxygens (including phenoxy) is 4. The molecule has 2 aromatic carbocycles. The Morgan fingerprint density at radius 1 is 1.30 bits per heavy atom. The van der Waals surface area contributed by atoms with Gasteiger partial charge < -0.3 is 28.6 Å². The zero-order valence-electron chi connectivity index (χ0n) is 20.5. The van der Waals surface area contributed by atoms with E-state index in [4.69, 9.17) is 30.5 Å². The first-order valence-corrected chi connectivity index (χ1v) is 12.1. The van der Waals surface area contributed by atoms with Gasteiger partial charge in [-0.05, 0) is 19.9 Å². The summed E-state index contributed by atoms with van der Waals surface area (Å²) in [5, 5.41) is 9.45. The van der Waals surface area contributed by atoms with E-state index in [0.717, 1.165) is 5.56 Å². The van der Waals surface area contributed by atoms with Gasteiger partial charge in [-0.15, -0.1) is 0 Å². The summed E-state index contributed by atoms with van der Waals surface area (Å²) in [4.78, 5) is 24.6. The Bertz CT molecular complexity index is 1470. The molecule has 2 aliphatic heterocycles. The number of aromatic nitrogens is 1. The minimum atomic E-state index is -1.38. The molecule has 10 heteroatoms. The van der Waals surface area contributed by atoms with Gasteiger partial charge in [0.15, 0.2) is 16.9 Å². The molecule has 37 heavy (non-hydrogen) atoms. The van der Waals surface area contributed by atoms with Crippen molar-refractivity contribution in [3.05, 3.63) is 74.3 Å². The van der Waals surface area contributed by atoms with Crippen LogP contribution in [0.5, 0.6) is 17.2 Å². The van der Waals surface area contributed by atoms with Crippen molar-refractivity contribution in [2.75, 3.05) is 20.3 Å². The highest BCUT2D eigenvalue weighted by Gasteiger charge is 2.40. The Hall–Kier alpha value is -3.56. The number of pyridine rings is 1. The molecule has 5 rings (SSSR count). The fourth-order valence-electron chi connectivity index (χ4n) is 4.76. The lowest BCUT2D eigenvalue weighted by Crippen LogP contribution is -2.28. The fourth-order valence-corrected chi connectivity index (χ4v) is 4.98. The Morgan fingerprint density at radius 3 is 2.81 bits per heavy atom. The van der Waals surface area contributed by atoms with E-state index in [1.54, 1.807) is 19.2 Å². The van der Waals surface area contributed by atoms with Crippen molar-refractivity contribution >= 4 is 17.6 Å². The topological polar surface area (TPSA) is 96.2 Å². The van der Waals surface area contributed by atoms with Crippen LogP contribution in [0.15, 0.2) is 41.3 Å². The van der Waals surface area contributed by atoms with Gasteiger partial charge in [0.2, 0.25) is 6.23 Å². The first-order chi connectivity index (χ1) is 17.6. The lowest BCUT2D eigenvalue weighted by atomic mass is 9.93. The van der Waals surface area contributed by atoms with Gasteiger partial charge in [0.1, 0.15) is 22.7 Å². The maximum Gasteiger partial charge on any atom is 0.341 e. The number of methoxy groups -OCH3 is 1. The molecule has 0 spiro atoms. The summed E-state index contributed by atoms with van der Waals surface area (Å²) in [5.41, 5.74) is 0.365. The maximum atomic E-state index is 14.4. The number of halogens is 2. The number of fused-ring (bicyclic) bond motifs is 5. The van der Waals surface area contributed by atoms with E-state index in [1.165, 1.54) is 29.0 Å². The number of aromatic carboxylic acids is 1. The van der Waals surface area contributed by atoms with E-state index in [1.807, 2.05) is 13.8 Å². The predicted molar refractivity (Wildman–Crippen MR) is 134 cm³/mol. The highest BCUT2D eigenvalue weighted by molar-refractivity contribution is 6.31. The van der Waals surface area contributed by atoms with Crippen LogP contribution in [-0.2, 0) is 11.2 Å². The lowest BCUT2D eigenvalue weighted by molar-refractivity contribution is 0.0693. The van der Waals surface area contributed by atoms with Crippen LogP contribution >= 0.6 is 11.6 Å². The predicted octanol–water partition coefficient (Wildman–Crippen LogP) is 5.07. The molecule has 0 amide bonds. The molecule has 0 saturated heterocycles. The number of nitrogens with zero attached hydrogens (tertiary/aromatic N) is 1. The van der Waals surface area contributed by atoms with Crippen molar-refractivity contribution in [1.82, 2.24) is 4.57 Å². The Kier molecular flexibility index (Phi) is 6.37. The number of hydrogen-bond donors (Lipinski definition) is 1. The van der Waals surface area contributed by atoms with Crippen LogP contribution in [0, 0.1) is 5.82 Å². The Labute approximate surface area is 217 Å². The van der Waals surface area contributed by atoms with Crippen molar-refractivity contribution in [2.24, 2.45) is 0 Å². The quantitative estimate of drug-likeness (QED) is 0.427. The van der Waals surface area contributed by atoms with Crippen LogP contribution in [0.2, 0.25) is 5.02 Å². The molecular weight excluding hydrogens is 505 g/mol. The number of carboxylic acid groups (broad SMARTS) is 1. The van der Waals surface area contributed by atoms with Crippen LogP contribution < -0.4 is 19.6 Å². The summed E-state index contributed by atoms with van der Waals surface area (Å²) in [5.74, 6) is -0.647. The number of carboxylic acids is 1. The minimum Gasteiger partial charge on any atom is -0.489 e. The number of rotatable bonds is 7. The molecule has 194 valence electrons. The molecule has 1 atom stereocenters. The molecule has 0 fully saturated rings. The molecule has 3 aromatic rings. The number of hydrogen-bond acceptors (Lipinski definition) is 6. The van der Waals surface area contributed by atoms with Crippen LogP contribution in [0.4, 0.5) is 4.39 Å². The van der Waals surface area contributed by atoms with Crippen LogP contribution in [0.25, 0.3) is 11.3 Å².